The van der Waals surface area contributed by atoms with Crippen LogP contribution in [0.2, 0.25) is 5.02 Å². The Balaban J connectivity index is 1.45. The lowest BCUT2D eigenvalue weighted by atomic mass is 10.1. The van der Waals surface area contributed by atoms with Gasteiger partial charge in [-0.3, -0.25) is 0 Å². The third-order valence-corrected chi connectivity index (χ3v) is 4.93. The Morgan fingerprint density at radius 2 is 2.18 bits per heavy atom. The first-order valence-corrected chi connectivity index (χ1v) is 9.74. The predicted octanol–water partition coefficient (Wildman–Crippen LogP) is 3.02. The van der Waals surface area contributed by atoms with Crippen molar-refractivity contribution in [3.8, 4) is 5.82 Å². The summed E-state index contributed by atoms with van der Waals surface area (Å²) in [5.74, 6) is 1.40. The Hall–Kier alpha value is -2.48. The molecule has 7 nitrogen and oxygen atoms in total. The van der Waals surface area contributed by atoms with Gasteiger partial charge in [0.05, 0.1) is 18.8 Å². The standard InChI is InChI=1S/C20H23ClN6O/c1-13-8-23-20(25-17-5-6-17)26-19(13)27-11-14(10-24-27)9-22-18(12-28)15-3-2-4-16(21)7-15/h2-4,7-8,10-11,17-18,22,28H,5-6,9,12H2,1H3,(H,23,25,26)/t18-/m1/s1. The predicted molar refractivity (Wildman–Crippen MR) is 109 cm³/mol. The number of aromatic nitrogens is 4. The molecule has 2 heterocycles. The van der Waals surface area contributed by atoms with E-state index in [1.54, 1.807) is 10.9 Å². The normalized spacial score (nSPS) is 14.8. The van der Waals surface area contributed by atoms with E-state index in [0.717, 1.165) is 22.5 Å². The maximum absolute atomic E-state index is 9.73. The molecule has 1 atom stereocenters. The number of nitrogens with one attached hydrogen (secondary N) is 2. The summed E-state index contributed by atoms with van der Waals surface area (Å²) in [6, 6.07) is 7.80. The number of rotatable bonds is 8. The SMILES string of the molecule is Cc1cnc(NC2CC2)nc1-n1cc(CN[C@H](CO)c2cccc(Cl)c2)cn1. The van der Waals surface area contributed by atoms with E-state index in [0.29, 0.717) is 23.6 Å². The topological polar surface area (TPSA) is 87.9 Å². The van der Waals surface area contributed by atoms with Crippen molar-refractivity contribution < 1.29 is 5.11 Å². The molecular formula is C20H23ClN6O. The van der Waals surface area contributed by atoms with Crippen LogP contribution in [-0.4, -0.2) is 37.5 Å². The van der Waals surface area contributed by atoms with Crippen molar-refractivity contribution in [2.45, 2.75) is 38.4 Å². The number of hydrogen-bond donors (Lipinski definition) is 3. The van der Waals surface area contributed by atoms with Crippen molar-refractivity contribution in [3.63, 3.8) is 0 Å². The molecule has 2 aromatic heterocycles. The van der Waals surface area contributed by atoms with E-state index in [-0.39, 0.29) is 12.6 Å². The first-order chi connectivity index (χ1) is 13.6. The minimum atomic E-state index is -0.197. The molecule has 1 fully saturated rings. The number of halogens is 1. The molecule has 0 amide bonds. The Kier molecular flexibility index (Phi) is 5.57. The van der Waals surface area contributed by atoms with Crippen molar-refractivity contribution in [1.82, 2.24) is 25.1 Å². The maximum atomic E-state index is 9.73. The van der Waals surface area contributed by atoms with Gasteiger partial charge in [0, 0.05) is 41.1 Å². The third-order valence-electron chi connectivity index (χ3n) is 4.69. The van der Waals surface area contributed by atoms with Crippen molar-refractivity contribution >= 4 is 17.5 Å². The highest BCUT2D eigenvalue weighted by molar-refractivity contribution is 6.30. The van der Waals surface area contributed by atoms with Crippen LogP contribution in [0.5, 0.6) is 0 Å². The molecule has 1 aliphatic rings. The van der Waals surface area contributed by atoms with Crippen LogP contribution >= 0.6 is 11.6 Å². The second-order valence-corrected chi connectivity index (χ2v) is 7.52. The largest absolute Gasteiger partial charge is 0.394 e. The van der Waals surface area contributed by atoms with Crippen LogP contribution in [0.1, 0.15) is 35.6 Å². The van der Waals surface area contributed by atoms with Crippen LogP contribution in [0, 0.1) is 6.92 Å². The summed E-state index contributed by atoms with van der Waals surface area (Å²) < 4.78 is 1.76. The molecule has 1 saturated carbocycles. The number of hydrogen-bond acceptors (Lipinski definition) is 6. The highest BCUT2D eigenvalue weighted by Gasteiger charge is 2.22. The zero-order valence-corrected chi connectivity index (χ0v) is 16.4. The van der Waals surface area contributed by atoms with Crippen molar-refractivity contribution in [3.05, 3.63) is 64.6 Å². The van der Waals surface area contributed by atoms with Gasteiger partial charge in [-0.15, -0.1) is 0 Å². The van der Waals surface area contributed by atoms with Gasteiger partial charge in [0.25, 0.3) is 0 Å². The Labute approximate surface area is 168 Å². The molecule has 0 aliphatic heterocycles. The average molecular weight is 399 g/mol. The van der Waals surface area contributed by atoms with Crippen LogP contribution in [0.15, 0.2) is 42.9 Å². The lowest BCUT2D eigenvalue weighted by molar-refractivity contribution is 0.243. The summed E-state index contributed by atoms with van der Waals surface area (Å²) >= 11 is 6.06. The Morgan fingerprint density at radius 1 is 1.32 bits per heavy atom. The van der Waals surface area contributed by atoms with Gasteiger partial charge in [-0.05, 0) is 37.5 Å². The zero-order valence-electron chi connectivity index (χ0n) is 15.6. The number of aryl methyl sites for hydroxylation is 1. The molecule has 0 radical (unpaired) electrons. The number of aliphatic hydroxyl groups excluding tert-OH is 1. The summed E-state index contributed by atoms with van der Waals surface area (Å²) in [6.07, 6.45) is 7.89. The van der Waals surface area contributed by atoms with Crippen LogP contribution < -0.4 is 10.6 Å². The van der Waals surface area contributed by atoms with Crippen molar-refractivity contribution in [1.29, 1.82) is 0 Å². The fourth-order valence-corrected chi connectivity index (χ4v) is 3.16. The van der Waals surface area contributed by atoms with Gasteiger partial charge in [-0.2, -0.15) is 10.1 Å². The average Bonchev–Trinajstić information content (AvgIpc) is 3.38. The van der Waals surface area contributed by atoms with Crippen LogP contribution in [0.25, 0.3) is 5.82 Å². The van der Waals surface area contributed by atoms with Gasteiger partial charge < -0.3 is 15.7 Å². The number of nitrogens with zero attached hydrogens (tertiary/aromatic N) is 4. The minimum Gasteiger partial charge on any atom is -0.394 e. The van der Waals surface area contributed by atoms with Gasteiger partial charge in [-0.1, -0.05) is 23.7 Å². The van der Waals surface area contributed by atoms with Gasteiger partial charge in [-0.25, -0.2) is 9.67 Å². The van der Waals surface area contributed by atoms with E-state index in [4.69, 9.17) is 11.6 Å². The van der Waals surface area contributed by atoms with Crippen LogP contribution in [0.4, 0.5) is 5.95 Å². The number of anilines is 1. The van der Waals surface area contributed by atoms with E-state index < -0.39 is 0 Å². The zero-order chi connectivity index (χ0) is 19.5. The minimum absolute atomic E-state index is 0.0182. The molecule has 4 rings (SSSR count). The smallest absolute Gasteiger partial charge is 0.224 e. The van der Waals surface area contributed by atoms with E-state index in [2.05, 4.69) is 25.7 Å². The first kappa shape index (κ1) is 18.9. The molecule has 0 unspecified atom stereocenters. The molecule has 28 heavy (non-hydrogen) atoms. The molecule has 146 valence electrons. The summed E-state index contributed by atoms with van der Waals surface area (Å²) in [7, 11) is 0. The highest BCUT2D eigenvalue weighted by atomic mass is 35.5. The van der Waals surface area contributed by atoms with E-state index in [1.165, 1.54) is 12.8 Å². The van der Waals surface area contributed by atoms with Crippen molar-refractivity contribution in [2.24, 2.45) is 0 Å². The van der Waals surface area contributed by atoms with Crippen LogP contribution in [0.3, 0.4) is 0 Å². The maximum Gasteiger partial charge on any atom is 0.224 e. The van der Waals surface area contributed by atoms with Gasteiger partial charge in [0.1, 0.15) is 0 Å². The Morgan fingerprint density at radius 3 is 2.93 bits per heavy atom. The molecule has 8 heteroatoms. The van der Waals surface area contributed by atoms with Crippen LogP contribution in [-0.2, 0) is 6.54 Å². The first-order valence-electron chi connectivity index (χ1n) is 9.36. The molecule has 0 saturated heterocycles. The number of benzene rings is 1. The lowest BCUT2D eigenvalue weighted by Gasteiger charge is -2.16. The quantitative estimate of drug-likeness (QED) is 0.540. The third kappa shape index (κ3) is 4.49. The van der Waals surface area contributed by atoms with Gasteiger partial charge >= 0.3 is 0 Å². The summed E-state index contributed by atoms with van der Waals surface area (Å²) in [5.41, 5.74) is 2.90. The van der Waals surface area contributed by atoms with E-state index in [9.17, 15) is 5.11 Å². The highest BCUT2D eigenvalue weighted by Crippen LogP contribution is 2.23. The molecule has 0 spiro atoms. The summed E-state index contributed by atoms with van der Waals surface area (Å²) in [4.78, 5) is 8.96. The fraction of sp³-hybridized carbons (Fsp3) is 0.350. The monoisotopic (exact) mass is 398 g/mol. The van der Waals surface area contributed by atoms with Gasteiger partial charge in [0.15, 0.2) is 5.82 Å². The summed E-state index contributed by atoms with van der Waals surface area (Å²) in [5, 5.41) is 21.5. The van der Waals surface area contributed by atoms with Crippen molar-refractivity contribution in [2.75, 3.05) is 11.9 Å². The van der Waals surface area contributed by atoms with E-state index >= 15 is 0 Å². The molecule has 0 bridgehead atoms. The second-order valence-electron chi connectivity index (χ2n) is 7.08. The molecule has 1 aromatic carbocycles. The van der Waals surface area contributed by atoms with E-state index in [1.807, 2.05) is 43.6 Å². The molecule has 1 aliphatic carbocycles. The number of aliphatic hydroxyl groups is 1. The Bertz CT molecular complexity index is 955. The molecule has 3 aromatic rings. The van der Waals surface area contributed by atoms with Gasteiger partial charge in [0.2, 0.25) is 5.95 Å². The molecular weight excluding hydrogens is 376 g/mol. The molecule has 3 N–H and O–H groups in total. The summed E-state index contributed by atoms with van der Waals surface area (Å²) in [6.45, 7) is 2.52. The second kappa shape index (κ2) is 8.26. The fourth-order valence-electron chi connectivity index (χ4n) is 2.96. The lowest BCUT2D eigenvalue weighted by Crippen LogP contribution is -2.23.